The first kappa shape index (κ1) is 15.5. The quantitative estimate of drug-likeness (QED) is 0.604. The van der Waals surface area contributed by atoms with E-state index in [-0.39, 0.29) is 18.3 Å². The average Bonchev–Trinajstić information content (AvgIpc) is 2.47. The Balaban J connectivity index is 2.40. The highest BCUT2D eigenvalue weighted by Gasteiger charge is 2.16. The normalized spacial score (nSPS) is 12.3. The summed E-state index contributed by atoms with van der Waals surface area (Å²) in [6.45, 7) is 0.0938. The maximum Gasteiger partial charge on any atom is 0.278 e. The summed E-state index contributed by atoms with van der Waals surface area (Å²) in [5, 5.41) is 24.0. The molecule has 7 heteroatoms. The summed E-state index contributed by atoms with van der Waals surface area (Å²) in [4.78, 5) is 14.9. The molecule has 1 aromatic carbocycles. The van der Waals surface area contributed by atoms with Crippen molar-refractivity contribution < 1.29 is 10.0 Å². The van der Waals surface area contributed by atoms with Crippen LogP contribution >= 0.6 is 11.8 Å². The van der Waals surface area contributed by atoms with Gasteiger partial charge in [-0.1, -0.05) is 0 Å². The zero-order valence-electron chi connectivity index (χ0n) is 11.7. The molecule has 0 unspecified atom stereocenters. The Labute approximate surface area is 126 Å². The summed E-state index contributed by atoms with van der Waals surface area (Å²) in [6.07, 6.45) is 4.23. The van der Waals surface area contributed by atoms with Crippen LogP contribution in [0.4, 0.5) is 11.4 Å². The fraction of sp³-hybridized carbons (Fsp3) is 0.357. The van der Waals surface area contributed by atoms with Gasteiger partial charge in [0.05, 0.1) is 16.0 Å². The van der Waals surface area contributed by atoms with Crippen LogP contribution in [0.3, 0.4) is 0 Å². The molecule has 2 rings (SSSR count). The van der Waals surface area contributed by atoms with Gasteiger partial charge in [-0.3, -0.25) is 15.1 Å². The molecule has 0 amide bonds. The van der Waals surface area contributed by atoms with E-state index in [2.05, 4.69) is 10.3 Å². The largest absolute Gasteiger partial charge is 0.396 e. The van der Waals surface area contributed by atoms with Crippen molar-refractivity contribution in [2.24, 2.45) is 0 Å². The fourth-order valence-corrected chi connectivity index (χ4v) is 2.86. The van der Waals surface area contributed by atoms with Crippen molar-refractivity contribution in [1.29, 1.82) is 0 Å². The Kier molecular flexibility index (Phi) is 5.35. The molecule has 0 spiro atoms. The number of fused-ring (bicyclic) bond motifs is 1. The minimum absolute atomic E-state index is 0.0484. The van der Waals surface area contributed by atoms with Gasteiger partial charge in [0.1, 0.15) is 5.52 Å². The van der Waals surface area contributed by atoms with Gasteiger partial charge >= 0.3 is 0 Å². The summed E-state index contributed by atoms with van der Waals surface area (Å²) in [5.41, 5.74) is 1.38. The van der Waals surface area contributed by atoms with Gasteiger partial charge in [-0.15, -0.1) is 0 Å². The lowest BCUT2D eigenvalue weighted by Gasteiger charge is -2.19. The van der Waals surface area contributed by atoms with Gasteiger partial charge in [-0.05, 0) is 30.9 Å². The minimum Gasteiger partial charge on any atom is -0.396 e. The molecule has 0 aliphatic carbocycles. The van der Waals surface area contributed by atoms with Crippen LogP contribution in [0.25, 0.3) is 10.9 Å². The number of aromatic nitrogens is 1. The molecule has 2 aromatic rings. The first-order valence-corrected chi connectivity index (χ1v) is 7.95. The number of non-ortho nitro benzene ring substituents is 1. The molecule has 112 valence electrons. The van der Waals surface area contributed by atoms with Crippen LogP contribution in [0.15, 0.2) is 30.5 Å². The van der Waals surface area contributed by atoms with Gasteiger partial charge < -0.3 is 10.4 Å². The molecule has 1 aromatic heterocycles. The molecule has 0 saturated carbocycles. The number of thioether (sulfide) groups is 1. The number of benzene rings is 1. The third kappa shape index (κ3) is 3.62. The molecule has 0 saturated heterocycles. The Morgan fingerprint density at radius 3 is 2.95 bits per heavy atom. The van der Waals surface area contributed by atoms with E-state index in [1.165, 1.54) is 6.07 Å². The molecule has 1 atom stereocenters. The number of nitrogens with one attached hydrogen (secondary N) is 1. The molecule has 0 aliphatic heterocycles. The molecule has 0 bridgehead atoms. The average molecular weight is 307 g/mol. The Morgan fingerprint density at radius 1 is 1.48 bits per heavy atom. The zero-order chi connectivity index (χ0) is 15.2. The lowest BCUT2D eigenvalue weighted by molar-refractivity contribution is -0.383. The van der Waals surface area contributed by atoms with E-state index < -0.39 is 4.92 Å². The summed E-state index contributed by atoms with van der Waals surface area (Å²) in [7, 11) is 0. The Hall–Kier alpha value is -1.86. The van der Waals surface area contributed by atoms with Crippen molar-refractivity contribution in [1.82, 2.24) is 4.98 Å². The van der Waals surface area contributed by atoms with Crippen LogP contribution in [-0.4, -0.2) is 39.7 Å². The lowest BCUT2D eigenvalue weighted by atomic mass is 10.1. The second kappa shape index (κ2) is 7.24. The van der Waals surface area contributed by atoms with Crippen LogP contribution < -0.4 is 5.32 Å². The van der Waals surface area contributed by atoms with Crippen molar-refractivity contribution in [3.05, 3.63) is 40.6 Å². The number of hydrogen-bond donors (Lipinski definition) is 2. The number of aliphatic hydroxyl groups excluding tert-OH is 1. The van der Waals surface area contributed by atoms with E-state index in [0.29, 0.717) is 17.3 Å². The predicted molar refractivity (Wildman–Crippen MR) is 85.9 cm³/mol. The summed E-state index contributed by atoms with van der Waals surface area (Å²) in [6, 6.07) is 6.64. The highest BCUT2D eigenvalue weighted by atomic mass is 32.2. The van der Waals surface area contributed by atoms with Gasteiger partial charge in [0.2, 0.25) is 0 Å². The van der Waals surface area contributed by atoms with Gasteiger partial charge in [-0.25, -0.2) is 0 Å². The van der Waals surface area contributed by atoms with Gasteiger partial charge in [0, 0.05) is 30.7 Å². The van der Waals surface area contributed by atoms with Crippen LogP contribution in [0.2, 0.25) is 0 Å². The standard InChI is InChI=1S/C14H17N3O3S/c1-21-9-10(6-8-18)16-12-4-5-13(17(19)20)11-3-2-7-15-14(11)12/h2-5,7,10,16,18H,6,8-9H2,1H3/t10-/m1/s1. The molecule has 0 fully saturated rings. The molecule has 0 aliphatic rings. The number of aliphatic hydroxyl groups is 1. The summed E-state index contributed by atoms with van der Waals surface area (Å²) < 4.78 is 0. The van der Waals surface area contributed by atoms with E-state index in [1.807, 2.05) is 6.26 Å². The van der Waals surface area contributed by atoms with E-state index in [0.717, 1.165) is 11.4 Å². The third-order valence-corrected chi connectivity index (χ3v) is 3.88. The Bertz CT molecular complexity index is 630. The molecule has 21 heavy (non-hydrogen) atoms. The topological polar surface area (TPSA) is 88.3 Å². The van der Waals surface area contributed by atoms with Crippen LogP contribution in [-0.2, 0) is 0 Å². The van der Waals surface area contributed by atoms with Crippen molar-refractivity contribution in [3.8, 4) is 0 Å². The SMILES string of the molecule is CSC[C@@H](CCO)Nc1ccc([N+](=O)[O-])c2cccnc12. The van der Waals surface area contributed by atoms with Gasteiger partial charge in [0.25, 0.3) is 5.69 Å². The molecule has 0 radical (unpaired) electrons. The maximum absolute atomic E-state index is 11.1. The second-order valence-electron chi connectivity index (χ2n) is 4.60. The Morgan fingerprint density at radius 2 is 2.29 bits per heavy atom. The highest BCUT2D eigenvalue weighted by molar-refractivity contribution is 7.98. The molecule has 1 heterocycles. The fourth-order valence-electron chi connectivity index (χ4n) is 2.21. The molecule has 6 nitrogen and oxygen atoms in total. The smallest absolute Gasteiger partial charge is 0.278 e. The van der Waals surface area contributed by atoms with Crippen LogP contribution in [0.1, 0.15) is 6.42 Å². The van der Waals surface area contributed by atoms with Crippen LogP contribution in [0, 0.1) is 10.1 Å². The highest BCUT2D eigenvalue weighted by Crippen LogP contribution is 2.30. The molecule has 2 N–H and O–H groups in total. The number of rotatable bonds is 7. The predicted octanol–water partition coefficient (Wildman–Crippen LogP) is 2.67. The number of hydrogen-bond acceptors (Lipinski definition) is 6. The summed E-state index contributed by atoms with van der Waals surface area (Å²) in [5.74, 6) is 0.839. The van der Waals surface area contributed by atoms with E-state index in [9.17, 15) is 10.1 Å². The van der Waals surface area contributed by atoms with Crippen molar-refractivity contribution in [2.75, 3.05) is 23.9 Å². The van der Waals surface area contributed by atoms with Crippen molar-refractivity contribution >= 4 is 34.0 Å². The molecular formula is C14H17N3O3S. The van der Waals surface area contributed by atoms with E-state index >= 15 is 0 Å². The van der Waals surface area contributed by atoms with Crippen molar-refractivity contribution in [2.45, 2.75) is 12.5 Å². The lowest BCUT2D eigenvalue weighted by Crippen LogP contribution is -2.23. The van der Waals surface area contributed by atoms with E-state index in [4.69, 9.17) is 5.11 Å². The number of anilines is 1. The van der Waals surface area contributed by atoms with Gasteiger partial charge in [-0.2, -0.15) is 11.8 Å². The monoisotopic (exact) mass is 307 g/mol. The minimum atomic E-state index is -0.402. The molecular weight excluding hydrogens is 290 g/mol. The number of nitro groups is 1. The van der Waals surface area contributed by atoms with E-state index in [1.54, 1.807) is 36.2 Å². The first-order valence-electron chi connectivity index (χ1n) is 6.55. The first-order chi connectivity index (χ1) is 10.2. The maximum atomic E-state index is 11.1. The van der Waals surface area contributed by atoms with Crippen molar-refractivity contribution in [3.63, 3.8) is 0 Å². The number of nitrogens with zero attached hydrogens (tertiary/aromatic N) is 2. The number of pyridine rings is 1. The summed E-state index contributed by atoms with van der Waals surface area (Å²) >= 11 is 1.68. The van der Waals surface area contributed by atoms with Gasteiger partial charge in [0.15, 0.2) is 0 Å². The zero-order valence-corrected chi connectivity index (χ0v) is 12.5. The number of nitro benzene ring substituents is 1. The third-order valence-electron chi connectivity index (χ3n) is 3.15. The van der Waals surface area contributed by atoms with Crippen LogP contribution in [0.5, 0.6) is 0 Å². The second-order valence-corrected chi connectivity index (χ2v) is 5.51.